The standard InChI is InChI=1S/C16H20O2/c1-18-16(10-5-11-16)15(17)14-9-3-2-8-13(14)12-6-4-7-12/h2-3,8-9,12H,4-7,10-11H2,1H3. The SMILES string of the molecule is COC1(C(=O)c2ccccc2C2CCC2)CCC1. The molecule has 1 aromatic carbocycles. The first-order chi connectivity index (χ1) is 8.77. The van der Waals surface area contributed by atoms with E-state index in [1.54, 1.807) is 7.11 Å². The number of ketones is 1. The van der Waals surface area contributed by atoms with Gasteiger partial charge in [0.1, 0.15) is 5.60 Å². The maximum Gasteiger partial charge on any atom is 0.194 e. The minimum atomic E-state index is -0.514. The number of methoxy groups -OCH3 is 1. The number of carbonyl (C=O) groups is 1. The maximum absolute atomic E-state index is 12.7. The Hall–Kier alpha value is -1.15. The van der Waals surface area contributed by atoms with Crippen LogP contribution in [0.25, 0.3) is 0 Å². The van der Waals surface area contributed by atoms with Crippen molar-refractivity contribution in [3.63, 3.8) is 0 Å². The van der Waals surface area contributed by atoms with Gasteiger partial charge in [0.05, 0.1) is 0 Å². The van der Waals surface area contributed by atoms with E-state index in [1.165, 1.54) is 24.8 Å². The highest BCUT2D eigenvalue weighted by molar-refractivity contribution is 6.04. The number of Topliss-reactive ketones (excluding diaryl/α,β-unsaturated/α-hetero) is 1. The first-order valence-corrected chi connectivity index (χ1v) is 6.96. The second kappa shape index (κ2) is 4.51. The van der Waals surface area contributed by atoms with Gasteiger partial charge in [-0.15, -0.1) is 0 Å². The highest BCUT2D eigenvalue weighted by Crippen LogP contribution is 2.42. The molecular formula is C16H20O2. The fraction of sp³-hybridized carbons (Fsp3) is 0.562. The van der Waals surface area contributed by atoms with Gasteiger partial charge >= 0.3 is 0 Å². The van der Waals surface area contributed by atoms with Gasteiger partial charge in [0.25, 0.3) is 0 Å². The summed E-state index contributed by atoms with van der Waals surface area (Å²) < 4.78 is 5.53. The number of ether oxygens (including phenoxy) is 1. The van der Waals surface area contributed by atoms with Crippen LogP contribution < -0.4 is 0 Å². The number of benzene rings is 1. The van der Waals surface area contributed by atoms with Crippen LogP contribution in [0.3, 0.4) is 0 Å². The van der Waals surface area contributed by atoms with Crippen LogP contribution in [0.5, 0.6) is 0 Å². The van der Waals surface area contributed by atoms with Crippen molar-refractivity contribution in [2.45, 2.75) is 50.0 Å². The van der Waals surface area contributed by atoms with Crippen LogP contribution in [-0.4, -0.2) is 18.5 Å². The maximum atomic E-state index is 12.7. The van der Waals surface area contributed by atoms with Crippen molar-refractivity contribution in [1.29, 1.82) is 0 Å². The van der Waals surface area contributed by atoms with E-state index < -0.39 is 5.60 Å². The quantitative estimate of drug-likeness (QED) is 0.755. The van der Waals surface area contributed by atoms with E-state index in [9.17, 15) is 4.79 Å². The zero-order valence-corrected chi connectivity index (χ0v) is 10.9. The third-order valence-corrected chi connectivity index (χ3v) is 4.72. The zero-order chi connectivity index (χ0) is 12.6. The molecule has 2 saturated carbocycles. The molecule has 2 aliphatic rings. The predicted octanol–water partition coefficient (Wildman–Crippen LogP) is 3.71. The normalized spacial score (nSPS) is 22.1. The van der Waals surface area contributed by atoms with Crippen LogP contribution in [0.2, 0.25) is 0 Å². The summed E-state index contributed by atoms with van der Waals surface area (Å²) >= 11 is 0. The summed E-state index contributed by atoms with van der Waals surface area (Å²) in [5.74, 6) is 0.804. The lowest BCUT2D eigenvalue weighted by Crippen LogP contribution is -2.47. The van der Waals surface area contributed by atoms with E-state index in [1.807, 2.05) is 18.2 Å². The van der Waals surface area contributed by atoms with Crippen molar-refractivity contribution in [2.24, 2.45) is 0 Å². The Morgan fingerprint density at radius 3 is 2.44 bits per heavy atom. The van der Waals surface area contributed by atoms with Crippen molar-refractivity contribution in [1.82, 2.24) is 0 Å². The fourth-order valence-corrected chi connectivity index (χ4v) is 3.05. The molecule has 18 heavy (non-hydrogen) atoms. The van der Waals surface area contributed by atoms with Crippen molar-refractivity contribution >= 4 is 5.78 Å². The monoisotopic (exact) mass is 244 g/mol. The van der Waals surface area contributed by atoms with Gasteiger partial charge in [0, 0.05) is 12.7 Å². The summed E-state index contributed by atoms with van der Waals surface area (Å²) in [5, 5.41) is 0. The third kappa shape index (κ3) is 1.71. The number of hydrogen-bond acceptors (Lipinski definition) is 2. The molecule has 0 amide bonds. The van der Waals surface area contributed by atoms with Gasteiger partial charge in [-0.3, -0.25) is 4.79 Å². The van der Waals surface area contributed by atoms with E-state index >= 15 is 0 Å². The van der Waals surface area contributed by atoms with Gasteiger partial charge in [-0.2, -0.15) is 0 Å². The van der Waals surface area contributed by atoms with Crippen LogP contribution in [-0.2, 0) is 4.74 Å². The van der Waals surface area contributed by atoms with Crippen molar-refractivity contribution in [2.75, 3.05) is 7.11 Å². The van der Waals surface area contributed by atoms with E-state index in [0.717, 1.165) is 24.8 Å². The zero-order valence-electron chi connectivity index (χ0n) is 10.9. The molecule has 0 heterocycles. The summed E-state index contributed by atoms with van der Waals surface area (Å²) in [4.78, 5) is 12.7. The first-order valence-electron chi connectivity index (χ1n) is 6.96. The van der Waals surface area contributed by atoms with Gasteiger partial charge in [0.2, 0.25) is 0 Å². The lowest BCUT2D eigenvalue weighted by Gasteiger charge is -2.40. The van der Waals surface area contributed by atoms with Gasteiger partial charge in [-0.1, -0.05) is 30.7 Å². The highest BCUT2D eigenvalue weighted by atomic mass is 16.5. The van der Waals surface area contributed by atoms with Gasteiger partial charge in [-0.25, -0.2) is 0 Å². The second-order valence-corrected chi connectivity index (χ2v) is 5.60. The Labute approximate surface area is 108 Å². The molecule has 96 valence electrons. The lowest BCUT2D eigenvalue weighted by atomic mass is 9.71. The predicted molar refractivity (Wildman–Crippen MR) is 71.0 cm³/mol. The number of hydrogen-bond donors (Lipinski definition) is 0. The molecule has 0 N–H and O–H groups in total. The molecule has 0 unspecified atom stereocenters. The van der Waals surface area contributed by atoms with E-state index in [0.29, 0.717) is 5.92 Å². The Morgan fingerprint density at radius 1 is 1.22 bits per heavy atom. The fourth-order valence-electron chi connectivity index (χ4n) is 3.05. The molecule has 2 nitrogen and oxygen atoms in total. The van der Waals surface area contributed by atoms with E-state index in [4.69, 9.17) is 4.74 Å². The smallest absolute Gasteiger partial charge is 0.194 e. The van der Waals surface area contributed by atoms with Crippen molar-refractivity contribution in [3.8, 4) is 0 Å². The summed E-state index contributed by atoms with van der Waals surface area (Å²) in [7, 11) is 1.67. The Kier molecular flexibility index (Phi) is 2.98. The van der Waals surface area contributed by atoms with E-state index in [-0.39, 0.29) is 5.78 Å². The van der Waals surface area contributed by atoms with Crippen LogP contribution >= 0.6 is 0 Å². The van der Waals surface area contributed by atoms with Crippen LogP contribution in [0.4, 0.5) is 0 Å². The largest absolute Gasteiger partial charge is 0.370 e. The molecule has 0 radical (unpaired) electrons. The molecule has 0 bridgehead atoms. The molecule has 3 rings (SSSR count). The summed E-state index contributed by atoms with van der Waals surface area (Å²) in [6, 6.07) is 8.12. The molecule has 2 fully saturated rings. The lowest BCUT2D eigenvalue weighted by molar-refractivity contribution is -0.0449. The summed E-state index contributed by atoms with van der Waals surface area (Å²) in [6.07, 6.45) is 6.60. The molecule has 0 aliphatic heterocycles. The third-order valence-electron chi connectivity index (χ3n) is 4.72. The van der Waals surface area contributed by atoms with Crippen molar-refractivity contribution < 1.29 is 9.53 Å². The Bertz CT molecular complexity index is 450. The van der Waals surface area contributed by atoms with Gasteiger partial charge in [-0.05, 0) is 43.6 Å². The molecule has 0 aromatic heterocycles. The molecule has 2 aliphatic carbocycles. The first kappa shape index (κ1) is 11.9. The summed E-state index contributed by atoms with van der Waals surface area (Å²) in [5.41, 5.74) is 1.64. The number of rotatable bonds is 4. The molecule has 0 spiro atoms. The molecule has 0 atom stereocenters. The average Bonchev–Trinajstić information content (AvgIpc) is 2.26. The minimum Gasteiger partial charge on any atom is -0.370 e. The van der Waals surface area contributed by atoms with Crippen LogP contribution in [0, 0.1) is 0 Å². The molecular weight excluding hydrogens is 224 g/mol. The topological polar surface area (TPSA) is 26.3 Å². The van der Waals surface area contributed by atoms with Crippen LogP contribution in [0.1, 0.15) is 60.4 Å². The Balaban J connectivity index is 1.93. The summed E-state index contributed by atoms with van der Waals surface area (Å²) in [6.45, 7) is 0. The average molecular weight is 244 g/mol. The van der Waals surface area contributed by atoms with Gasteiger partial charge in [0.15, 0.2) is 5.78 Å². The minimum absolute atomic E-state index is 0.207. The van der Waals surface area contributed by atoms with Gasteiger partial charge < -0.3 is 4.74 Å². The number of carbonyl (C=O) groups excluding carboxylic acids is 1. The van der Waals surface area contributed by atoms with E-state index in [2.05, 4.69) is 6.07 Å². The Morgan fingerprint density at radius 2 is 1.94 bits per heavy atom. The second-order valence-electron chi connectivity index (χ2n) is 5.60. The highest BCUT2D eigenvalue weighted by Gasteiger charge is 2.45. The molecule has 0 saturated heterocycles. The van der Waals surface area contributed by atoms with Crippen molar-refractivity contribution in [3.05, 3.63) is 35.4 Å². The van der Waals surface area contributed by atoms with Crippen LogP contribution in [0.15, 0.2) is 24.3 Å². The molecule has 2 heteroatoms. The molecule has 1 aromatic rings.